The average Bonchev–Trinajstić information content (AvgIpc) is 3.25. The first-order valence-electron chi connectivity index (χ1n) is 8.67. The molecule has 1 aliphatic rings. The molecule has 1 aliphatic heterocycles. The van der Waals surface area contributed by atoms with E-state index >= 15 is 0 Å². The van der Waals surface area contributed by atoms with Gasteiger partial charge in [0.1, 0.15) is 5.82 Å². The Kier molecular flexibility index (Phi) is 5.26. The van der Waals surface area contributed by atoms with Gasteiger partial charge in [-0.3, -0.25) is 4.90 Å². The standard InChI is InChI=1S/C16H26N6O2S/c1-4-21-7-8-22(10-14(21)16-17-5-6-18-16)25(23,24)15-11-20(12-19-15)9-13(2)3/h5-6,11-14H,4,7-10H2,1-3H3,(H,17,18)/t14-/m1/s1. The Morgan fingerprint density at radius 3 is 2.76 bits per heavy atom. The lowest BCUT2D eigenvalue weighted by atomic mass is 10.2. The normalized spacial score (nSPS) is 20.4. The number of nitrogens with one attached hydrogen (secondary N) is 1. The first kappa shape index (κ1) is 18.1. The zero-order chi connectivity index (χ0) is 18.0. The van der Waals surface area contributed by atoms with Gasteiger partial charge in [0.25, 0.3) is 10.0 Å². The average molecular weight is 366 g/mol. The molecule has 8 nitrogen and oxygen atoms in total. The molecule has 1 saturated heterocycles. The van der Waals surface area contributed by atoms with Crippen molar-refractivity contribution in [2.24, 2.45) is 5.92 Å². The highest BCUT2D eigenvalue weighted by Crippen LogP contribution is 2.26. The number of aromatic nitrogens is 4. The van der Waals surface area contributed by atoms with Crippen LogP contribution in [-0.4, -0.2) is 63.3 Å². The van der Waals surface area contributed by atoms with Crippen LogP contribution in [0.5, 0.6) is 0 Å². The van der Waals surface area contributed by atoms with Crippen molar-refractivity contribution in [2.75, 3.05) is 26.2 Å². The molecule has 2 aromatic rings. The summed E-state index contributed by atoms with van der Waals surface area (Å²) in [4.78, 5) is 13.8. The van der Waals surface area contributed by atoms with Crippen molar-refractivity contribution in [1.82, 2.24) is 28.7 Å². The molecule has 2 aromatic heterocycles. The molecule has 138 valence electrons. The summed E-state index contributed by atoms with van der Waals surface area (Å²) in [5, 5.41) is 0.122. The quantitative estimate of drug-likeness (QED) is 0.833. The third kappa shape index (κ3) is 3.78. The predicted molar refractivity (Wildman–Crippen MR) is 94.4 cm³/mol. The zero-order valence-electron chi connectivity index (χ0n) is 15.0. The number of hydrogen-bond acceptors (Lipinski definition) is 5. The summed E-state index contributed by atoms with van der Waals surface area (Å²) >= 11 is 0. The van der Waals surface area contributed by atoms with Crippen LogP contribution in [0.2, 0.25) is 0 Å². The minimum absolute atomic E-state index is 0.0683. The van der Waals surface area contributed by atoms with Crippen molar-refractivity contribution in [3.63, 3.8) is 0 Å². The zero-order valence-corrected chi connectivity index (χ0v) is 15.8. The summed E-state index contributed by atoms with van der Waals surface area (Å²) in [6.07, 6.45) is 6.69. The van der Waals surface area contributed by atoms with Gasteiger partial charge in [0.05, 0.1) is 12.4 Å². The smallest absolute Gasteiger partial charge is 0.262 e. The highest BCUT2D eigenvalue weighted by Gasteiger charge is 2.36. The minimum Gasteiger partial charge on any atom is -0.347 e. The van der Waals surface area contributed by atoms with Gasteiger partial charge in [-0.1, -0.05) is 20.8 Å². The van der Waals surface area contributed by atoms with Crippen molar-refractivity contribution >= 4 is 10.0 Å². The van der Waals surface area contributed by atoms with E-state index in [2.05, 4.69) is 40.6 Å². The summed E-state index contributed by atoms with van der Waals surface area (Å²) < 4.78 is 29.4. The molecule has 25 heavy (non-hydrogen) atoms. The number of likely N-dealkylation sites (N-methyl/N-ethyl adjacent to an activating group) is 1. The number of nitrogens with zero attached hydrogens (tertiary/aromatic N) is 5. The van der Waals surface area contributed by atoms with Gasteiger partial charge in [-0.05, 0) is 12.5 Å². The molecule has 0 aliphatic carbocycles. The van der Waals surface area contributed by atoms with Gasteiger partial charge in [0.15, 0.2) is 5.03 Å². The van der Waals surface area contributed by atoms with E-state index in [9.17, 15) is 8.42 Å². The Hall–Kier alpha value is -1.71. The van der Waals surface area contributed by atoms with Crippen LogP contribution in [0.3, 0.4) is 0 Å². The lowest BCUT2D eigenvalue weighted by molar-refractivity contribution is 0.119. The van der Waals surface area contributed by atoms with Gasteiger partial charge in [0, 0.05) is 44.8 Å². The van der Waals surface area contributed by atoms with Gasteiger partial charge in [-0.15, -0.1) is 0 Å². The summed E-state index contributed by atoms with van der Waals surface area (Å²) in [6, 6.07) is -0.0683. The van der Waals surface area contributed by atoms with E-state index in [0.29, 0.717) is 25.6 Å². The maximum atomic E-state index is 13.0. The number of rotatable bonds is 6. The Labute approximate surface area is 148 Å². The number of H-pyrrole nitrogens is 1. The molecule has 3 heterocycles. The fourth-order valence-corrected chi connectivity index (χ4v) is 4.61. The number of hydrogen-bond donors (Lipinski definition) is 1. The molecule has 0 amide bonds. The third-order valence-corrected chi connectivity index (χ3v) is 6.24. The summed E-state index contributed by atoms with van der Waals surface area (Å²) in [5.41, 5.74) is 0. The molecular weight excluding hydrogens is 340 g/mol. The molecule has 1 fully saturated rings. The van der Waals surface area contributed by atoms with Gasteiger partial charge < -0.3 is 9.55 Å². The lowest BCUT2D eigenvalue weighted by Crippen LogP contribution is -2.50. The maximum absolute atomic E-state index is 13.0. The van der Waals surface area contributed by atoms with E-state index in [4.69, 9.17) is 0 Å². The lowest BCUT2D eigenvalue weighted by Gasteiger charge is -2.38. The van der Waals surface area contributed by atoms with Crippen LogP contribution >= 0.6 is 0 Å². The van der Waals surface area contributed by atoms with Gasteiger partial charge in [-0.2, -0.15) is 4.31 Å². The molecule has 0 unspecified atom stereocenters. The second-order valence-electron chi connectivity index (χ2n) is 6.78. The molecule has 1 atom stereocenters. The molecular formula is C16H26N6O2S. The van der Waals surface area contributed by atoms with E-state index < -0.39 is 10.0 Å². The van der Waals surface area contributed by atoms with E-state index in [1.165, 1.54) is 4.31 Å². The second kappa shape index (κ2) is 7.27. The molecule has 0 saturated carbocycles. The number of piperazine rings is 1. The predicted octanol–water partition coefficient (Wildman–Crippen LogP) is 1.33. The molecule has 0 aromatic carbocycles. The topological polar surface area (TPSA) is 87.1 Å². The molecule has 3 rings (SSSR count). The first-order chi connectivity index (χ1) is 11.9. The minimum atomic E-state index is -3.60. The second-order valence-corrected chi connectivity index (χ2v) is 8.67. The largest absolute Gasteiger partial charge is 0.347 e. The number of imidazole rings is 2. The SMILES string of the molecule is CCN1CCN(S(=O)(=O)c2cn(CC(C)C)cn2)C[C@@H]1c1ncc[nH]1. The molecule has 0 spiro atoms. The van der Waals surface area contributed by atoms with Crippen molar-refractivity contribution < 1.29 is 8.42 Å². The summed E-state index contributed by atoms with van der Waals surface area (Å²) in [6.45, 7) is 9.37. The van der Waals surface area contributed by atoms with Crippen molar-refractivity contribution in [2.45, 2.75) is 38.4 Å². The van der Waals surface area contributed by atoms with E-state index in [1.807, 2.05) is 4.57 Å². The Bertz CT molecular complexity index is 783. The maximum Gasteiger partial charge on any atom is 0.262 e. The van der Waals surface area contributed by atoms with Crippen LogP contribution < -0.4 is 0 Å². The van der Waals surface area contributed by atoms with Gasteiger partial charge >= 0.3 is 0 Å². The molecule has 0 radical (unpaired) electrons. The van der Waals surface area contributed by atoms with Crippen molar-refractivity contribution in [3.8, 4) is 0 Å². The summed E-state index contributed by atoms with van der Waals surface area (Å²) in [5.74, 6) is 1.23. The number of sulfonamides is 1. The van der Waals surface area contributed by atoms with Crippen LogP contribution in [0.1, 0.15) is 32.6 Å². The van der Waals surface area contributed by atoms with Crippen LogP contribution in [0.25, 0.3) is 0 Å². The van der Waals surface area contributed by atoms with E-state index in [-0.39, 0.29) is 11.1 Å². The Morgan fingerprint density at radius 1 is 1.32 bits per heavy atom. The van der Waals surface area contributed by atoms with Crippen LogP contribution in [0, 0.1) is 5.92 Å². The fraction of sp³-hybridized carbons (Fsp3) is 0.625. The molecule has 1 N–H and O–H groups in total. The van der Waals surface area contributed by atoms with Gasteiger partial charge in [-0.25, -0.2) is 18.4 Å². The fourth-order valence-electron chi connectivity index (χ4n) is 3.24. The highest BCUT2D eigenvalue weighted by atomic mass is 32.2. The molecule has 9 heteroatoms. The Morgan fingerprint density at radius 2 is 2.12 bits per heavy atom. The van der Waals surface area contributed by atoms with Crippen LogP contribution in [-0.2, 0) is 16.6 Å². The Balaban J connectivity index is 1.81. The van der Waals surface area contributed by atoms with Crippen LogP contribution in [0.4, 0.5) is 0 Å². The third-order valence-electron chi connectivity index (χ3n) is 4.48. The number of aromatic amines is 1. The van der Waals surface area contributed by atoms with Gasteiger partial charge in [0.2, 0.25) is 0 Å². The van der Waals surface area contributed by atoms with E-state index in [1.54, 1.807) is 24.9 Å². The highest BCUT2D eigenvalue weighted by molar-refractivity contribution is 7.89. The van der Waals surface area contributed by atoms with Crippen molar-refractivity contribution in [3.05, 3.63) is 30.7 Å². The van der Waals surface area contributed by atoms with Crippen molar-refractivity contribution in [1.29, 1.82) is 0 Å². The first-order valence-corrected chi connectivity index (χ1v) is 10.1. The molecule has 0 bridgehead atoms. The van der Waals surface area contributed by atoms with E-state index in [0.717, 1.165) is 18.9 Å². The van der Waals surface area contributed by atoms with Crippen LogP contribution in [0.15, 0.2) is 29.9 Å². The monoisotopic (exact) mass is 366 g/mol. The summed E-state index contributed by atoms with van der Waals surface area (Å²) in [7, 11) is -3.60.